The molecule has 0 saturated carbocycles. The molecule has 1 N–H and O–H groups in total. The molecule has 1 atom stereocenters. The van der Waals surface area contributed by atoms with Gasteiger partial charge in [-0.3, -0.25) is 4.79 Å². The normalized spacial score (nSPS) is 17.6. The summed E-state index contributed by atoms with van der Waals surface area (Å²) in [5, 5.41) is 5.08. The number of benzene rings is 3. The number of hydrazine groups is 1. The summed E-state index contributed by atoms with van der Waals surface area (Å²) in [5.41, 5.74) is 1.99. The Kier molecular flexibility index (Phi) is 7.87. The highest BCUT2D eigenvalue weighted by molar-refractivity contribution is 6.47. The average Bonchev–Trinajstić information content (AvgIpc) is 2.89. The van der Waals surface area contributed by atoms with Crippen LogP contribution in [0.4, 0.5) is 18.4 Å². The van der Waals surface area contributed by atoms with Gasteiger partial charge in [-0.2, -0.15) is 0 Å². The third-order valence-corrected chi connectivity index (χ3v) is 5.99. The van der Waals surface area contributed by atoms with E-state index in [1.807, 2.05) is 30.3 Å². The van der Waals surface area contributed by atoms with Crippen LogP contribution in [0.25, 0.3) is 0 Å². The van der Waals surface area contributed by atoms with Crippen molar-refractivity contribution in [2.45, 2.75) is 39.3 Å². The van der Waals surface area contributed by atoms with Gasteiger partial charge in [0.2, 0.25) is 0 Å². The lowest BCUT2D eigenvalue weighted by atomic mass is 10.1. The Bertz CT molecular complexity index is 1390. The van der Waals surface area contributed by atoms with E-state index in [0.29, 0.717) is 10.6 Å². The van der Waals surface area contributed by atoms with E-state index in [1.165, 1.54) is 6.07 Å². The summed E-state index contributed by atoms with van der Waals surface area (Å²) in [6.45, 7) is 4.28. The molecule has 10 heteroatoms. The number of quaternary nitrogens is 1. The molecule has 39 heavy (non-hydrogen) atoms. The highest BCUT2D eigenvalue weighted by Crippen LogP contribution is 2.28. The number of hydrogen-bond donors (Lipinski definition) is 1. The number of imide groups is 1. The Balaban J connectivity index is 1.86. The average molecular weight is 536 g/mol. The Labute approximate surface area is 225 Å². The van der Waals surface area contributed by atoms with Crippen molar-refractivity contribution in [1.29, 1.82) is 0 Å². The van der Waals surface area contributed by atoms with Crippen molar-refractivity contribution in [1.82, 2.24) is 10.4 Å². The lowest BCUT2D eigenvalue weighted by Gasteiger charge is -2.37. The summed E-state index contributed by atoms with van der Waals surface area (Å²) < 4.78 is 34.1. The number of ether oxygens (including phenoxy) is 1. The second-order valence-electron chi connectivity index (χ2n) is 10.1. The molecule has 0 saturated heterocycles. The van der Waals surface area contributed by atoms with Gasteiger partial charge in [-0.1, -0.05) is 71.8 Å². The van der Waals surface area contributed by atoms with E-state index >= 15 is 0 Å². The van der Waals surface area contributed by atoms with Crippen LogP contribution in [0.15, 0.2) is 84.0 Å². The smallest absolute Gasteiger partial charge is 0.443 e. The molecule has 8 nitrogen and oxygen atoms in total. The summed E-state index contributed by atoms with van der Waals surface area (Å²) >= 11 is 0. The third kappa shape index (κ3) is 6.35. The first-order valence-electron chi connectivity index (χ1n) is 12.4. The zero-order valence-corrected chi connectivity index (χ0v) is 21.9. The second kappa shape index (κ2) is 11.1. The summed E-state index contributed by atoms with van der Waals surface area (Å²) in [4.78, 5) is 40.2. The number of urea groups is 1. The predicted molar refractivity (Wildman–Crippen MR) is 140 cm³/mol. The number of halogens is 2. The molecule has 0 aromatic heterocycles. The van der Waals surface area contributed by atoms with Crippen LogP contribution >= 0.6 is 0 Å². The van der Waals surface area contributed by atoms with Crippen LogP contribution in [0.1, 0.15) is 37.5 Å². The minimum absolute atomic E-state index is 0.0628. The molecular weight excluding hydrogens is 506 g/mol. The highest BCUT2D eigenvalue weighted by Gasteiger charge is 2.52. The van der Waals surface area contributed by atoms with E-state index in [2.05, 4.69) is 10.5 Å². The van der Waals surface area contributed by atoms with Gasteiger partial charge >= 0.3 is 18.0 Å². The highest BCUT2D eigenvalue weighted by atomic mass is 19.1. The number of nitrogens with one attached hydrogen (secondary N) is 1. The van der Waals surface area contributed by atoms with Crippen molar-refractivity contribution in [3.8, 4) is 0 Å². The molecule has 0 fully saturated rings. The van der Waals surface area contributed by atoms with Gasteiger partial charge < -0.3 is 4.74 Å². The van der Waals surface area contributed by atoms with Crippen LogP contribution in [0.5, 0.6) is 0 Å². The maximum atomic E-state index is 14.9. The Morgan fingerprint density at radius 3 is 2.10 bits per heavy atom. The van der Waals surface area contributed by atoms with Gasteiger partial charge in [0.1, 0.15) is 30.3 Å². The largest absolute Gasteiger partial charge is 0.472 e. The van der Waals surface area contributed by atoms with Crippen molar-refractivity contribution >= 4 is 23.7 Å². The van der Waals surface area contributed by atoms with Crippen molar-refractivity contribution in [3.63, 3.8) is 0 Å². The number of rotatable bonds is 7. The quantitative estimate of drug-likeness (QED) is 0.414. The lowest BCUT2D eigenvalue weighted by Crippen LogP contribution is -2.67. The molecule has 4 amide bonds. The Morgan fingerprint density at radius 1 is 0.923 bits per heavy atom. The number of amides is 4. The maximum absolute atomic E-state index is 14.9. The molecule has 3 aromatic carbocycles. The van der Waals surface area contributed by atoms with Crippen molar-refractivity contribution in [3.05, 3.63) is 107 Å². The lowest BCUT2D eigenvalue weighted by molar-refractivity contribution is -0.874. The fourth-order valence-electron chi connectivity index (χ4n) is 4.16. The topological polar surface area (TPSA) is 88.1 Å². The SMILES string of the molecule is CC(C)(C)OC(=O)NN1C(=O)C(c2ccccc2)=N[N@+](CCc2ccccc2)(Cc2c(F)cccc2F)C1=O. The monoisotopic (exact) mass is 535 g/mol. The number of hydrogen-bond acceptors (Lipinski definition) is 5. The van der Waals surface area contributed by atoms with Gasteiger partial charge in [-0.05, 0) is 38.5 Å². The molecule has 0 bridgehead atoms. The molecule has 1 aliphatic rings. The maximum Gasteiger partial charge on any atom is 0.472 e. The van der Waals surface area contributed by atoms with Gasteiger partial charge in [0.25, 0.3) is 0 Å². The zero-order valence-electron chi connectivity index (χ0n) is 21.9. The van der Waals surface area contributed by atoms with E-state index in [-0.39, 0.29) is 24.2 Å². The minimum atomic E-state index is -1.04. The van der Waals surface area contributed by atoms with Gasteiger partial charge in [0.15, 0.2) is 5.71 Å². The molecule has 1 heterocycles. The van der Waals surface area contributed by atoms with E-state index in [9.17, 15) is 23.2 Å². The van der Waals surface area contributed by atoms with Crippen LogP contribution < -0.4 is 5.43 Å². The number of nitrogens with zero attached hydrogens (tertiary/aromatic N) is 3. The first-order valence-corrected chi connectivity index (χ1v) is 12.4. The van der Waals surface area contributed by atoms with Crippen LogP contribution in [0.2, 0.25) is 0 Å². The molecule has 0 unspecified atom stereocenters. The van der Waals surface area contributed by atoms with Crippen LogP contribution in [0.3, 0.4) is 0 Å². The van der Waals surface area contributed by atoms with Gasteiger partial charge in [-0.15, -0.1) is 9.60 Å². The van der Waals surface area contributed by atoms with Gasteiger partial charge in [0, 0.05) is 12.0 Å². The molecule has 0 aliphatic carbocycles. The zero-order chi connectivity index (χ0) is 28.2. The van der Waals surface area contributed by atoms with Gasteiger partial charge in [0.05, 0.1) is 5.56 Å². The van der Waals surface area contributed by atoms with Crippen molar-refractivity contribution < 1.29 is 32.5 Å². The number of carbonyl (C=O) groups is 3. The van der Waals surface area contributed by atoms with Crippen LogP contribution in [-0.2, 0) is 22.5 Å². The predicted octanol–water partition coefficient (Wildman–Crippen LogP) is 5.33. The second-order valence-corrected chi connectivity index (χ2v) is 10.1. The fraction of sp³-hybridized carbons (Fsp3) is 0.241. The van der Waals surface area contributed by atoms with E-state index < -0.39 is 46.4 Å². The fourth-order valence-corrected chi connectivity index (χ4v) is 4.16. The Hall–Kier alpha value is -4.44. The van der Waals surface area contributed by atoms with E-state index in [1.54, 1.807) is 51.1 Å². The van der Waals surface area contributed by atoms with E-state index in [0.717, 1.165) is 17.7 Å². The standard InChI is InChI=1S/C29H28F2N4O4/c1-29(2,3)39-27(37)32-34-26(36)25(21-13-8-5-9-14-21)33-35(28(34)38,18-17-20-11-6-4-7-12-20)19-22-23(30)15-10-16-24(22)31/h4-16H,17-19H2,1-3H3/p+1/t35-/m1/s1. The molecule has 4 rings (SSSR count). The minimum Gasteiger partial charge on any atom is -0.443 e. The van der Waals surface area contributed by atoms with Crippen LogP contribution in [-0.4, -0.2) is 45.5 Å². The summed E-state index contributed by atoms with van der Waals surface area (Å²) in [7, 11) is 0. The number of carbonyl (C=O) groups excluding carboxylic acids is 3. The molecule has 0 spiro atoms. The molecule has 1 aliphatic heterocycles. The first kappa shape index (κ1) is 27.6. The molecule has 202 valence electrons. The summed E-state index contributed by atoms with van der Waals surface area (Å²) in [6, 6.07) is 19.9. The Morgan fingerprint density at radius 2 is 1.51 bits per heavy atom. The molecule has 3 aromatic rings. The van der Waals surface area contributed by atoms with E-state index in [4.69, 9.17) is 4.74 Å². The van der Waals surface area contributed by atoms with Crippen LogP contribution in [0, 0.1) is 11.6 Å². The molecule has 0 radical (unpaired) electrons. The third-order valence-electron chi connectivity index (χ3n) is 5.99. The first-order chi connectivity index (χ1) is 18.5. The van der Waals surface area contributed by atoms with Crippen molar-refractivity contribution in [2.75, 3.05) is 6.54 Å². The summed E-state index contributed by atoms with van der Waals surface area (Å²) in [6.07, 6.45) is -0.764. The summed E-state index contributed by atoms with van der Waals surface area (Å²) in [5.74, 6) is -2.63. The van der Waals surface area contributed by atoms with Crippen molar-refractivity contribution in [2.24, 2.45) is 5.10 Å². The van der Waals surface area contributed by atoms with Gasteiger partial charge in [-0.25, -0.2) is 23.8 Å². The molecular formula is C29H29F2N4O4+.